The van der Waals surface area contributed by atoms with Crippen LogP contribution in [0.3, 0.4) is 0 Å². The number of carbonyl (C=O) groups is 2. The number of methoxy groups -OCH3 is 1. The van der Waals surface area contributed by atoms with E-state index in [2.05, 4.69) is 21.9 Å². The molecule has 1 fully saturated rings. The molecule has 0 spiro atoms. The minimum absolute atomic E-state index is 0.156. The van der Waals surface area contributed by atoms with Gasteiger partial charge in [-0.05, 0) is 35.9 Å². The van der Waals surface area contributed by atoms with E-state index in [1.54, 1.807) is 7.11 Å². The highest BCUT2D eigenvalue weighted by Gasteiger charge is 2.37. The minimum atomic E-state index is -0.632. The second kappa shape index (κ2) is 7.69. The van der Waals surface area contributed by atoms with Gasteiger partial charge in [-0.3, -0.25) is 24.3 Å². The molecule has 2 aromatic rings. The third kappa shape index (κ3) is 3.63. The van der Waals surface area contributed by atoms with E-state index in [9.17, 15) is 14.0 Å². The van der Waals surface area contributed by atoms with Crippen molar-refractivity contribution >= 4 is 17.4 Å². The molecule has 6 nitrogen and oxygen atoms in total. The maximum Gasteiger partial charge on any atom is 0.300 e. The molecule has 2 heterocycles. The lowest BCUT2D eigenvalue weighted by atomic mass is 10.1. The SMILES string of the molecule is COc1ccc(CN2CCN(CN3C(=O)C(=O)c4cc(F)ccc43)CC2)cc1. The van der Waals surface area contributed by atoms with Gasteiger partial charge in [0.15, 0.2) is 0 Å². The molecule has 0 atom stereocenters. The summed E-state index contributed by atoms with van der Waals surface area (Å²) in [4.78, 5) is 30.4. The predicted molar refractivity (Wildman–Crippen MR) is 103 cm³/mol. The van der Waals surface area contributed by atoms with Crippen LogP contribution in [0.25, 0.3) is 0 Å². The number of anilines is 1. The monoisotopic (exact) mass is 383 g/mol. The highest BCUT2D eigenvalue weighted by molar-refractivity contribution is 6.52. The van der Waals surface area contributed by atoms with Crippen molar-refractivity contribution in [3.8, 4) is 5.75 Å². The number of hydrogen-bond acceptors (Lipinski definition) is 5. The van der Waals surface area contributed by atoms with Crippen LogP contribution in [0.4, 0.5) is 10.1 Å². The van der Waals surface area contributed by atoms with Gasteiger partial charge in [0.25, 0.3) is 5.78 Å². The molecular formula is C21H22FN3O3. The smallest absolute Gasteiger partial charge is 0.300 e. The maximum absolute atomic E-state index is 13.4. The van der Waals surface area contributed by atoms with E-state index < -0.39 is 17.5 Å². The summed E-state index contributed by atoms with van der Waals surface area (Å²) in [5, 5.41) is 0. The van der Waals surface area contributed by atoms with E-state index in [1.807, 2.05) is 12.1 Å². The summed E-state index contributed by atoms with van der Waals surface area (Å²) in [5.41, 5.74) is 1.88. The molecule has 28 heavy (non-hydrogen) atoms. The Morgan fingerprint density at radius 2 is 1.64 bits per heavy atom. The fourth-order valence-electron chi connectivity index (χ4n) is 3.69. The summed E-state index contributed by atoms with van der Waals surface area (Å²) in [5.74, 6) is -0.874. The lowest BCUT2D eigenvalue weighted by Gasteiger charge is -2.36. The average molecular weight is 383 g/mol. The van der Waals surface area contributed by atoms with Gasteiger partial charge in [-0.15, -0.1) is 0 Å². The van der Waals surface area contributed by atoms with Crippen LogP contribution < -0.4 is 9.64 Å². The number of nitrogens with zero attached hydrogens (tertiary/aromatic N) is 3. The summed E-state index contributed by atoms with van der Waals surface area (Å²) in [6.45, 7) is 4.55. The Kier molecular flexibility index (Phi) is 5.11. The average Bonchev–Trinajstić information content (AvgIpc) is 2.94. The normalized spacial score (nSPS) is 17.9. The Labute approximate surface area is 163 Å². The number of amides is 1. The third-order valence-corrected chi connectivity index (χ3v) is 5.30. The molecule has 0 radical (unpaired) electrons. The van der Waals surface area contributed by atoms with Crippen molar-refractivity contribution < 1.29 is 18.7 Å². The fraction of sp³-hybridized carbons (Fsp3) is 0.333. The van der Waals surface area contributed by atoms with E-state index in [0.29, 0.717) is 12.4 Å². The van der Waals surface area contributed by atoms with Gasteiger partial charge < -0.3 is 4.74 Å². The van der Waals surface area contributed by atoms with Crippen molar-refractivity contribution in [1.29, 1.82) is 0 Å². The van der Waals surface area contributed by atoms with Crippen LogP contribution in [0, 0.1) is 5.82 Å². The summed E-state index contributed by atoms with van der Waals surface area (Å²) in [7, 11) is 1.65. The second-order valence-corrected chi connectivity index (χ2v) is 7.11. The molecule has 0 saturated carbocycles. The lowest BCUT2D eigenvalue weighted by molar-refractivity contribution is -0.114. The van der Waals surface area contributed by atoms with Gasteiger partial charge in [-0.1, -0.05) is 12.1 Å². The molecule has 0 aromatic heterocycles. The van der Waals surface area contributed by atoms with Crippen LogP contribution in [0.15, 0.2) is 42.5 Å². The number of Topliss-reactive ketones (excluding diaryl/α,β-unsaturated/α-hetero) is 1. The van der Waals surface area contributed by atoms with Gasteiger partial charge >= 0.3 is 5.91 Å². The third-order valence-electron chi connectivity index (χ3n) is 5.30. The Balaban J connectivity index is 1.34. The first-order valence-corrected chi connectivity index (χ1v) is 9.28. The first-order valence-electron chi connectivity index (χ1n) is 9.28. The summed E-state index contributed by atoms with van der Waals surface area (Å²) >= 11 is 0. The molecule has 0 aliphatic carbocycles. The summed E-state index contributed by atoms with van der Waals surface area (Å²) < 4.78 is 18.6. The zero-order valence-electron chi connectivity index (χ0n) is 15.7. The van der Waals surface area contributed by atoms with Gasteiger partial charge in [-0.2, -0.15) is 0 Å². The van der Waals surface area contributed by atoms with E-state index in [-0.39, 0.29) is 5.56 Å². The molecule has 7 heteroatoms. The molecule has 1 saturated heterocycles. The molecule has 0 N–H and O–H groups in total. The number of hydrogen-bond donors (Lipinski definition) is 0. The Morgan fingerprint density at radius 1 is 0.964 bits per heavy atom. The lowest BCUT2D eigenvalue weighted by Crippen LogP contribution is -2.50. The Hall–Kier alpha value is -2.77. The molecular weight excluding hydrogens is 361 g/mol. The zero-order chi connectivity index (χ0) is 19.7. The Morgan fingerprint density at radius 3 is 2.32 bits per heavy atom. The zero-order valence-corrected chi connectivity index (χ0v) is 15.7. The van der Waals surface area contributed by atoms with Crippen LogP contribution in [0.1, 0.15) is 15.9 Å². The number of piperazine rings is 1. The topological polar surface area (TPSA) is 53.1 Å². The minimum Gasteiger partial charge on any atom is -0.497 e. The number of fused-ring (bicyclic) bond motifs is 1. The van der Waals surface area contributed by atoms with Gasteiger partial charge in [-0.25, -0.2) is 4.39 Å². The standard InChI is InChI=1S/C21H22FN3O3/c1-28-17-5-2-15(3-6-17)13-23-8-10-24(11-9-23)14-25-19-7-4-16(22)12-18(19)20(26)21(25)27/h2-7,12H,8-11,13-14H2,1H3. The highest BCUT2D eigenvalue weighted by atomic mass is 19.1. The van der Waals surface area contributed by atoms with Crippen molar-refractivity contribution in [2.24, 2.45) is 0 Å². The van der Waals surface area contributed by atoms with Crippen LogP contribution in [0.2, 0.25) is 0 Å². The molecule has 2 aliphatic heterocycles. The van der Waals surface area contributed by atoms with E-state index in [0.717, 1.165) is 44.5 Å². The molecule has 4 rings (SSSR count). The Bertz CT molecular complexity index is 892. The quantitative estimate of drug-likeness (QED) is 0.741. The molecule has 2 aromatic carbocycles. The molecule has 146 valence electrons. The van der Waals surface area contributed by atoms with Crippen LogP contribution in [-0.4, -0.2) is 61.4 Å². The second-order valence-electron chi connectivity index (χ2n) is 7.11. The molecule has 2 aliphatic rings. The number of ketones is 1. The summed E-state index contributed by atoms with van der Waals surface area (Å²) in [6.07, 6.45) is 0. The number of carbonyl (C=O) groups excluding carboxylic acids is 2. The summed E-state index contributed by atoms with van der Waals surface area (Å²) in [6, 6.07) is 12.0. The number of benzene rings is 2. The largest absolute Gasteiger partial charge is 0.497 e. The number of ether oxygens (including phenoxy) is 1. The van der Waals surface area contributed by atoms with Crippen molar-refractivity contribution in [2.45, 2.75) is 6.54 Å². The van der Waals surface area contributed by atoms with Crippen molar-refractivity contribution in [3.63, 3.8) is 0 Å². The van der Waals surface area contributed by atoms with Crippen LogP contribution in [-0.2, 0) is 11.3 Å². The highest BCUT2D eigenvalue weighted by Crippen LogP contribution is 2.29. The molecule has 0 bridgehead atoms. The van der Waals surface area contributed by atoms with Gasteiger partial charge in [0.05, 0.1) is 25.0 Å². The predicted octanol–water partition coefficient (Wildman–Crippen LogP) is 2.14. The van der Waals surface area contributed by atoms with E-state index in [1.165, 1.54) is 22.6 Å². The number of halogens is 1. The van der Waals surface area contributed by atoms with Crippen LogP contribution in [0.5, 0.6) is 5.75 Å². The first-order chi connectivity index (χ1) is 13.5. The molecule has 0 unspecified atom stereocenters. The van der Waals surface area contributed by atoms with Crippen molar-refractivity contribution in [2.75, 3.05) is 44.9 Å². The van der Waals surface area contributed by atoms with Crippen molar-refractivity contribution in [1.82, 2.24) is 9.80 Å². The van der Waals surface area contributed by atoms with Crippen molar-refractivity contribution in [3.05, 3.63) is 59.4 Å². The van der Waals surface area contributed by atoms with Gasteiger partial charge in [0.2, 0.25) is 0 Å². The van der Waals surface area contributed by atoms with E-state index in [4.69, 9.17) is 4.74 Å². The van der Waals surface area contributed by atoms with Crippen LogP contribution >= 0.6 is 0 Å². The number of rotatable bonds is 5. The molecule has 1 amide bonds. The van der Waals surface area contributed by atoms with Gasteiger partial charge in [0.1, 0.15) is 11.6 Å². The maximum atomic E-state index is 13.4. The van der Waals surface area contributed by atoms with E-state index >= 15 is 0 Å². The fourth-order valence-corrected chi connectivity index (χ4v) is 3.69. The van der Waals surface area contributed by atoms with Gasteiger partial charge in [0, 0.05) is 32.7 Å². The first kappa shape index (κ1) is 18.6.